The lowest BCUT2D eigenvalue weighted by Gasteiger charge is -2.12. The minimum absolute atomic E-state index is 0.470. The van der Waals surface area contributed by atoms with Gasteiger partial charge >= 0.3 is 7.12 Å². The summed E-state index contributed by atoms with van der Waals surface area (Å²) in [5, 5.41) is 22.0. The van der Waals surface area contributed by atoms with E-state index in [-0.39, 0.29) is 0 Å². The molecule has 0 aliphatic heterocycles. The van der Waals surface area contributed by atoms with Crippen molar-refractivity contribution < 1.29 is 10.0 Å². The van der Waals surface area contributed by atoms with Gasteiger partial charge < -0.3 is 10.0 Å². The third-order valence-corrected chi connectivity index (χ3v) is 4.76. The summed E-state index contributed by atoms with van der Waals surface area (Å²) in [5.74, 6) is 0. The number of nitrogens with zero attached hydrogens (tertiary/aromatic N) is 2. The number of hydrogen-bond acceptors (Lipinski definition) is 4. The lowest BCUT2D eigenvalue weighted by atomic mass is 9.76. The van der Waals surface area contributed by atoms with E-state index in [1.165, 1.54) is 0 Å². The number of pyridine rings is 1. The first kappa shape index (κ1) is 17.2. The minimum atomic E-state index is -1.53. The molecule has 0 saturated heterocycles. The topological polar surface area (TPSA) is 65.7 Å². The molecule has 5 heteroatoms. The Morgan fingerprint density at radius 2 is 1.67 bits per heavy atom. The predicted molar refractivity (Wildman–Crippen MR) is 114 cm³/mol. The third kappa shape index (κ3) is 2.83. The molecular weight excluding hydrogens is 335 g/mol. The van der Waals surface area contributed by atoms with Crippen LogP contribution < -0.4 is 5.46 Å². The van der Waals surface area contributed by atoms with Crippen LogP contribution in [0, 0.1) is 0 Å². The van der Waals surface area contributed by atoms with E-state index in [1.807, 2.05) is 54.6 Å². The van der Waals surface area contributed by atoms with Crippen molar-refractivity contribution >= 4 is 52.7 Å². The molecule has 4 nitrogen and oxygen atoms in total. The highest BCUT2D eigenvalue weighted by atomic mass is 16.4. The summed E-state index contributed by atoms with van der Waals surface area (Å²) in [7, 11) is -1.53. The molecule has 2 N–H and O–H groups in total. The van der Waals surface area contributed by atoms with E-state index >= 15 is 0 Å². The van der Waals surface area contributed by atoms with Crippen LogP contribution in [0.25, 0.3) is 39.0 Å². The second kappa shape index (κ2) is 6.80. The molecule has 0 aliphatic rings. The summed E-state index contributed by atoms with van der Waals surface area (Å²) in [6, 6.07) is 19.1. The molecule has 0 amide bonds. The Hall–Kier alpha value is -3.28. The standard InChI is InChI=1S/C22H17BN2O2/c1-3-14-8-9-15-10-13-20(25-22(15)21(14)24-2)18-11-12-19(23(26)27)17-7-5-4-6-16(17)18/h3-13,26-27H,1-2H2. The van der Waals surface area contributed by atoms with Gasteiger partial charge in [0.05, 0.1) is 16.9 Å². The highest BCUT2D eigenvalue weighted by Crippen LogP contribution is 2.33. The quantitative estimate of drug-likeness (QED) is 0.435. The van der Waals surface area contributed by atoms with Crippen molar-refractivity contribution in [3.63, 3.8) is 0 Å². The van der Waals surface area contributed by atoms with E-state index in [0.29, 0.717) is 11.2 Å². The Balaban J connectivity index is 2.02. The molecule has 27 heavy (non-hydrogen) atoms. The maximum Gasteiger partial charge on any atom is 0.489 e. The molecule has 0 unspecified atom stereocenters. The highest BCUT2D eigenvalue weighted by molar-refractivity contribution is 6.62. The fraction of sp³-hybridized carbons (Fsp3) is 0. The van der Waals surface area contributed by atoms with Crippen molar-refractivity contribution in [2.45, 2.75) is 0 Å². The fourth-order valence-electron chi connectivity index (χ4n) is 3.44. The Labute approximate surface area is 157 Å². The van der Waals surface area contributed by atoms with Crippen LogP contribution in [0.1, 0.15) is 5.56 Å². The maximum absolute atomic E-state index is 9.66. The molecule has 0 atom stereocenters. The van der Waals surface area contributed by atoms with Gasteiger partial charge in [-0.1, -0.05) is 67.3 Å². The number of benzene rings is 3. The monoisotopic (exact) mass is 352 g/mol. The average Bonchev–Trinajstić information content (AvgIpc) is 2.71. The van der Waals surface area contributed by atoms with Crippen LogP contribution in [0.2, 0.25) is 0 Å². The van der Waals surface area contributed by atoms with Crippen molar-refractivity contribution in [1.29, 1.82) is 0 Å². The Morgan fingerprint density at radius 1 is 0.926 bits per heavy atom. The number of aliphatic imine (C=N–C) groups is 1. The van der Waals surface area contributed by atoms with E-state index in [4.69, 9.17) is 4.98 Å². The third-order valence-electron chi connectivity index (χ3n) is 4.76. The molecule has 4 rings (SSSR count). The van der Waals surface area contributed by atoms with E-state index in [1.54, 1.807) is 12.1 Å². The van der Waals surface area contributed by atoms with E-state index < -0.39 is 7.12 Å². The van der Waals surface area contributed by atoms with Crippen molar-refractivity contribution in [3.8, 4) is 11.3 Å². The van der Waals surface area contributed by atoms with Crippen LogP contribution in [-0.4, -0.2) is 28.9 Å². The van der Waals surface area contributed by atoms with Gasteiger partial charge in [-0.2, -0.15) is 0 Å². The van der Waals surface area contributed by atoms with Crippen molar-refractivity contribution in [3.05, 3.63) is 72.8 Å². The van der Waals surface area contributed by atoms with E-state index in [2.05, 4.69) is 18.3 Å². The zero-order chi connectivity index (χ0) is 19.0. The summed E-state index contributed by atoms with van der Waals surface area (Å²) in [6.07, 6.45) is 1.74. The maximum atomic E-state index is 9.66. The smallest absolute Gasteiger partial charge is 0.423 e. The van der Waals surface area contributed by atoms with Crippen molar-refractivity contribution in [2.75, 3.05) is 0 Å². The first-order valence-corrected chi connectivity index (χ1v) is 8.55. The molecule has 0 fully saturated rings. The van der Waals surface area contributed by atoms with Gasteiger partial charge in [0.25, 0.3) is 0 Å². The Morgan fingerprint density at radius 3 is 2.37 bits per heavy atom. The molecular formula is C22H17BN2O2. The van der Waals surface area contributed by atoms with Crippen molar-refractivity contribution in [1.82, 2.24) is 4.98 Å². The molecule has 4 aromatic rings. The number of hydrogen-bond donors (Lipinski definition) is 2. The normalized spacial score (nSPS) is 10.9. The van der Waals surface area contributed by atoms with Gasteiger partial charge in [-0.3, -0.25) is 4.99 Å². The van der Waals surface area contributed by atoms with E-state index in [0.717, 1.165) is 38.5 Å². The Kier molecular flexibility index (Phi) is 4.32. The van der Waals surface area contributed by atoms with Gasteiger partial charge in [-0.15, -0.1) is 0 Å². The highest BCUT2D eigenvalue weighted by Gasteiger charge is 2.17. The molecule has 1 aromatic heterocycles. The van der Waals surface area contributed by atoms with Crippen LogP contribution >= 0.6 is 0 Å². The summed E-state index contributed by atoms with van der Waals surface area (Å²) in [4.78, 5) is 9.00. The lowest BCUT2D eigenvalue weighted by Crippen LogP contribution is -2.30. The second-order valence-electron chi connectivity index (χ2n) is 6.26. The van der Waals surface area contributed by atoms with E-state index in [9.17, 15) is 10.0 Å². The zero-order valence-electron chi connectivity index (χ0n) is 14.6. The number of aromatic nitrogens is 1. The molecule has 0 saturated carbocycles. The zero-order valence-corrected chi connectivity index (χ0v) is 14.6. The molecule has 130 valence electrons. The summed E-state index contributed by atoms with van der Waals surface area (Å²) in [5.41, 5.74) is 4.51. The predicted octanol–water partition coefficient (Wildman–Crippen LogP) is 3.71. The molecule has 3 aromatic carbocycles. The summed E-state index contributed by atoms with van der Waals surface area (Å²) < 4.78 is 0. The Bertz CT molecular complexity index is 1200. The van der Waals surface area contributed by atoms with Crippen LogP contribution in [-0.2, 0) is 0 Å². The summed E-state index contributed by atoms with van der Waals surface area (Å²) >= 11 is 0. The van der Waals surface area contributed by atoms with Crippen LogP contribution in [0.4, 0.5) is 5.69 Å². The fourth-order valence-corrected chi connectivity index (χ4v) is 3.44. The van der Waals surface area contributed by atoms with Crippen LogP contribution in [0.3, 0.4) is 0 Å². The van der Waals surface area contributed by atoms with Gasteiger partial charge in [0, 0.05) is 16.5 Å². The number of fused-ring (bicyclic) bond motifs is 2. The molecule has 0 bridgehead atoms. The first-order chi connectivity index (χ1) is 13.1. The number of rotatable bonds is 4. The molecule has 0 spiro atoms. The van der Waals surface area contributed by atoms with Gasteiger partial charge in [-0.05, 0) is 29.0 Å². The van der Waals surface area contributed by atoms with Crippen LogP contribution in [0.5, 0.6) is 0 Å². The molecule has 0 radical (unpaired) electrons. The largest absolute Gasteiger partial charge is 0.489 e. The minimum Gasteiger partial charge on any atom is -0.423 e. The van der Waals surface area contributed by atoms with Gasteiger partial charge in [0.1, 0.15) is 0 Å². The van der Waals surface area contributed by atoms with Crippen LogP contribution in [0.15, 0.2) is 72.2 Å². The van der Waals surface area contributed by atoms with Gasteiger partial charge in [-0.25, -0.2) is 4.98 Å². The van der Waals surface area contributed by atoms with Crippen molar-refractivity contribution in [2.24, 2.45) is 4.99 Å². The average molecular weight is 352 g/mol. The van der Waals surface area contributed by atoms with Gasteiger partial charge in [0.15, 0.2) is 0 Å². The molecule has 0 aliphatic carbocycles. The first-order valence-electron chi connectivity index (χ1n) is 8.55. The second-order valence-corrected chi connectivity index (χ2v) is 6.26. The summed E-state index contributed by atoms with van der Waals surface area (Å²) in [6.45, 7) is 7.51. The lowest BCUT2D eigenvalue weighted by molar-refractivity contribution is 0.426. The van der Waals surface area contributed by atoms with Gasteiger partial charge in [0.2, 0.25) is 0 Å². The molecule has 1 heterocycles. The SMILES string of the molecule is C=Cc1ccc2ccc(-c3ccc(B(O)O)c4ccccc34)nc2c1N=C.